The van der Waals surface area contributed by atoms with E-state index in [2.05, 4.69) is 4.98 Å². The van der Waals surface area contributed by atoms with Crippen LogP contribution in [-0.4, -0.2) is 29.4 Å². The lowest BCUT2D eigenvalue weighted by Crippen LogP contribution is -2.03. The molecule has 0 amide bonds. The number of aromatic nitrogens is 1. The molecule has 1 rings (SSSR count). The van der Waals surface area contributed by atoms with Crippen LogP contribution in [0.15, 0.2) is 17.2 Å². The fourth-order valence-corrected chi connectivity index (χ4v) is 1.63. The Balaban J connectivity index is 3.27. The zero-order chi connectivity index (χ0) is 9.84. The van der Waals surface area contributed by atoms with E-state index in [9.17, 15) is 4.79 Å². The van der Waals surface area contributed by atoms with E-state index in [1.165, 1.54) is 25.1 Å². The molecule has 0 unspecified atom stereocenters. The third-order valence-electron chi connectivity index (χ3n) is 1.50. The fraction of sp³-hybridized carbons (Fsp3) is 0.250. The molecule has 1 aromatic heterocycles. The molecule has 5 heteroatoms. The molecule has 1 heterocycles. The standard InChI is InChI=1S/C8H9NO3S/c1-12-5-3-4-9-6(8(10)11)7(5)13-2/h3-4H,1-2H3,(H,10,11). The van der Waals surface area contributed by atoms with Crippen molar-refractivity contribution in [3.05, 3.63) is 18.0 Å². The van der Waals surface area contributed by atoms with E-state index in [1.807, 2.05) is 0 Å². The molecule has 4 nitrogen and oxygen atoms in total. The molecule has 0 aliphatic carbocycles. The Morgan fingerprint density at radius 3 is 2.85 bits per heavy atom. The molecule has 0 saturated heterocycles. The highest BCUT2D eigenvalue weighted by molar-refractivity contribution is 7.98. The zero-order valence-corrected chi connectivity index (χ0v) is 8.09. The van der Waals surface area contributed by atoms with Gasteiger partial charge in [-0.2, -0.15) is 0 Å². The third kappa shape index (κ3) is 1.92. The van der Waals surface area contributed by atoms with Crippen molar-refractivity contribution in [2.45, 2.75) is 4.90 Å². The Hall–Kier alpha value is -1.23. The van der Waals surface area contributed by atoms with Gasteiger partial charge in [-0.15, -0.1) is 11.8 Å². The minimum absolute atomic E-state index is 0.0341. The number of hydrogen-bond acceptors (Lipinski definition) is 4. The molecule has 0 aliphatic heterocycles. The Morgan fingerprint density at radius 2 is 2.38 bits per heavy atom. The second-order valence-corrected chi connectivity index (χ2v) is 3.02. The van der Waals surface area contributed by atoms with Gasteiger partial charge in [0.05, 0.1) is 12.0 Å². The molecule has 0 fully saturated rings. The number of pyridine rings is 1. The highest BCUT2D eigenvalue weighted by Gasteiger charge is 2.14. The summed E-state index contributed by atoms with van der Waals surface area (Å²) in [5, 5.41) is 8.79. The molecule has 70 valence electrons. The maximum Gasteiger partial charge on any atom is 0.355 e. The topological polar surface area (TPSA) is 59.4 Å². The molecule has 1 N–H and O–H groups in total. The Bertz CT molecular complexity index is 327. The molecule has 0 spiro atoms. The Morgan fingerprint density at radius 1 is 1.69 bits per heavy atom. The van der Waals surface area contributed by atoms with E-state index in [1.54, 1.807) is 12.3 Å². The summed E-state index contributed by atoms with van der Waals surface area (Å²) >= 11 is 1.31. The van der Waals surface area contributed by atoms with Gasteiger partial charge in [0.1, 0.15) is 5.75 Å². The van der Waals surface area contributed by atoms with Crippen molar-refractivity contribution >= 4 is 17.7 Å². The number of ether oxygens (including phenoxy) is 1. The molecule has 0 saturated carbocycles. The summed E-state index contributed by atoms with van der Waals surface area (Å²) < 4.78 is 5.00. The number of methoxy groups -OCH3 is 1. The summed E-state index contributed by atoms with van der Waals surface area (Å²) in [6.07, 6.45) is 3.20. The van der Waals surface area contributed by atoms with E-state index in [0.29, 0.717) is 10.6 Å². The average molecular weight is 199 g/mol. The van der Waals surface area contributed by atoms with Gasteiger partial charge in [0, 0.05) is 6.20 Å². The number of aromatic carboxylic acids is 1. The first kappa shape index (κ1) is 9.85. The molecule has 0 atom stereocenters. The highest BCUT2D eigenvalue weighted by atomic mass is 32.2. The van der Waals surface area contributed by atoms with Crippen LogP contribution >= 0.6 is 11.8 Å². The molecular formula is C8H9NO3S. The number of nitrogens with zero attached hydrogens (tertiary/aromatic N) is 1. The second kappa shape index (κ2) is 4.13. The van der Waals surface area contributed by atoms with Gasteiger partial charge in [-0.25, -0.2) is 9.78 Å². The van der Waals surface area contributed by atoms with Crippen LogP contribution in [0.2, 0.25) is 0 Å². The Kier molecular flexibility index (Phi) is 3.13. The van der Waals surface area contributed by atoms with Crippen LogP contribution in [-0.2, 0) is 0 Å². The first-order valence-corrected chi connectivity index (χ1v) is 4.73. The fourth-order valence-electron chi connectivity index (χ4n) is 0.941. The number of carboxylic acids is 1. The average Bonchev–Trinajstić information content (AvgIpc) is 2.16. The number of carbonyl (C=O) groups is 1. The number of thioether (sulfide) groups is 1. The van der Waals surface area contributed by atoms with E-state index in [4.69, 9.17) is 9.84 Å². The molecule has 0 radical (unpaired) electrons. The second-order valence-electron chi connectivity index (χ2n) is 2.20. The van der Waals surface area contributed by atoms with Crippen LogP contribution in [0.5, 0.6) is 5.75 Å². The van der Waals surface area contributed by atoms with Gasteiger partial charge in [0.2, 0.25) is 0 Å². The van der Waals surface area contributed by atoms with Crippen molar-refractivity contribution in [1.82, 2.24) is 4.98 Å². The van der Waals surface area contributed by atoms with E-state index in [-0.39, 0.29) is 5.69 Å². The number of carboxylic acid groups (broad SMARTS) is 1. The van der Waals surface area contributed by atoms with Gasteiger partial charge in [0.15, 0.2) is 5.69 Å². The molecule has 13 heavy (non-hydrogen) atoms. The van der Waals surface area contributed by atoms with Crippen LogP contribution < -0.4 is 4.74 Å². The minimum Gasteiger partial charge on any atom is -0.495 e. The van der Waals surface area contributed by atoms with E-state index >= 15 is 0 Å². The van der Waals surface area contributed by atoms with Crippen LogP contribution in [0.1, 0.15) is 10.5 Å². The van der Waals surface area contributed by atoms with Gasteiger partial charge in [-0.05, 0) is 12.3 Å². The van der Waals surface area contributed by atoms with Crippen LogP contribution in [0.4, 0.5) is 0 Å². The van der Waals surface area contributed by atoms with Crippen LogP contribution in [0, 0.1) is 0 Å². The molecule has 0 bridgehead atoms. The minimum atomic E-state index is -1.04. The summed E-state index contributed by atoms with van der Waals surface area (Å²) in [6.45, 7) is 0. The summed E-state index contributed by atoms with van der Waals surface area (Å²) in [4.78, 5) is 15.0. The van der Waals surface area contributed by atoms with Crippen molar-refractivity contribution in [2.75, 3.05) is 13.4 Å². The van der Waals surface area contributed by atoms with Crippen molar-refractivity contribution in [1.29, 1.82) is 0 Å². The van der Waals surface area contributed by atoms with Crippen molar-refractivity contribution in [2.24, 2.45) is 0 Å². The van der Waals surface area contributed by atoms with E-state index in [0.717, 1.165) is 0 Å². The van der Waals surface area contributed by atoms with Crippen molar-refractivity contribution < 1.29 is 14.6 Å². The maximum absolute atomic E-state index is 10.7. The molecule has 0 aliphatic rings. The molecular weight excluding hydrogens is 190 g/mol. The van der Waals surface area contributed by atoms with Gasteiger partial charge in [-0.3, -0.25) is 0 Å². The van der Waals surface area contributed by atoms with Gasteiger partial charge < -0.3 is 9.84 Å². The van der Waals surface area contributed by atoms with Gasteiger partial charge in [-0.1, -0.05) is 0 Å². The van der Waals surface area contributed by atoms with E-state index < -0.39 is 5.97 Å². The predicted molar refractivity (Wildman–Crippen MR) is 49.5 cm³/mol. The first-order chi connectivity index (χ1) is 6.20. The number of rotatable bonds is 3. The van der Waals surface area contributed by atoms with Gasteiger partial charge >= 0.3 is 5.97 Å². The summed E-state index contributed by atoms with van der Waals surface area (Å²) in [5.41, 5.74) is 0.0341. The lowest BCUT2D eigenvalue weighted by molar-refractivity contribution is 0.0685. The third-order valence-corrected chi connectivity index (χ3v) is 2.30. The SMILES string of the molecule is COc1ccnc(C(=O)O)c1SC. The van der Waals surface area contributed by atoms with Gasteiger partial charge in [0.25, 0.3) is 0 Å². The molecule has 0 aromatic carbocycles. The largest absolute Gasteiger partial charge is 0.495 e. The smallest absolute Gasteiger partial charge is 0.355 e. The van der Waals surface area contributed by atoms with Crippen LogP contribution in [0.3, 0.4) is 0 Å². The van der Waals surface area contributed by atoms with Crippen LogP contribution in [0.25, 0.3) is 0 Å². The first-order valence-electron chi connectivity index (χ1n) is 3.51. The predicted octanol–water partition coefficient (Wildman–Crippen LogP) is 1.51. The quantitative estimate of drug-likeness (QED) is 0.748. The molecule has 1 aromatic rings. The Labute approximate surface area is 79.9 Å². The summed E-state index contributed by atoms with van der Waals surface area (Å²) in [6, 6.07) is 1.64. The monoisotopic (exact) mass is 199 g/mol. The van der Waals surface area contributed by atoms with Crippen molar-refractivity contribution in [3.63, 3.8) is 0 Å². The van der Waals surface area contributed by atoms with Crippen molar-refractivity contribution in [3.8, 4) is 5.75 Å². The normalized spacial score (nSPS) is 9.69. The number of hydrogen-bond donors (Lipinski definition) is 1. The zero-order valence-electron chi connectivity index (χ0n) is 7.27. The lowest BCUT2D eigenvalue weighted by atomic mass is 10.3. The highest BCUT2D eigenvalue weighted by Crippen LogP contribution is 2.29. The summed E-state index contributed by atoms with van der Waals surface area (Å²) in [5.74, 6) is -0.497. The lowest BCUT2D eigenvalue weighted by Gasteiger charge is -2.07. The summed E-state index contributed by atoms with van der Waals surface area (Å²) in [7, 11) is 1.50. The maximum atomic E-state index is 10.7.